The molecule has 0 aliphatic carbocycles. The molecule has 0 aliphatic rings. The third-order valence-corrected chi connectivity index (χ3v) is 4.39. The Morgan fingerprint density at radius 3 is 2.81 bits per heavy atom. The molecule has 7 nitrogen and oxygen atoms in total. The van der Waals surface area contributed by atoms with Crippen LogP contribution in [0.1, 0.15) is 23.4 Å². The van der Waals surface area contributed by atoms with Crippen LogP contribution in [0.15, 0.2) is 48.8 Å². The minimum atomic E-state index is 0.548. The number of nitrogens with zero attached hydrogens (tertiary/aromatic N) is 5. The molecule has 7 heteroatoms. The molecule has 0 fully saturated rings. The second kappa shape index (κ2) is 7.26. The Hall–Kier alpha value is -3.35. The zero-order valence-electron chi connectivity index (χ0n) is 14.5. The lowest BCUT2D eigenvalue weighted by Crippen LogP contribution is -1.94. The Balaban J connectivity index is 1.43. The van der Waals surface area contributed by atoms with Gasteiger partial charge in [-0.25, -0.2) is 4.98 Å². The van der Waals surface area contributed by atoms with Crippen molar-refractivity contribution >= 4 is 0 Å². The fraction of sp³-hybridized carbons (Fsp3) is 0.211. The first-order valence-corrected chi connectivity index (χ1v) is 8.58. The predicted octanol–water partition coefficient (Wildman–Crippen LogP) is 3.14. The Morgan fingerprint density at radius 1 is 1.04 bits per heavy atom. The molecule has 0 aliphatic heterocycles. The van der Waals surface area contributed by atoms with E-state index in [1.807, 2.05) is 18.3 Å². The highest BCUT2D eigenvalue weighted by atomic mass is 15.5. The van der Waals surface area contributed by atoms with Crippen LogP contribution < -0.4 is 0 Å². The largest absolute Gasteiger partial charge is 0.341 e. The number of imidazole rings is 1. The molecule has 3 aromatic heterocycles. The van der Waals surface area contributed by atoms with Gasteiger partial charge in [0.2, 0.25) is 5.82 Å². The quantitative estimate of drug-likeness (QED) is 0.560. The van der Waals surface area contributed by atoms with E-state index in [1.54, 1.807) is 6.20 Å². The molecule has 0 saturated carbocycles. The highest BCUT2D eigenvalue weighted by Crippen LogP contribution is 2.21. The van der Waals surface area contributed by atoms with Gasteiger partial charge in [0.15, 0.2) is 0 Å². The molecule has 4 rings (SSSR count). The average Bonchev–Trinajstić information content (AvgIpc) is 3.36. The molecule has 0 radical (unpaired) electrons. The molecule has 0 unspecified atom stereocenters. The lowest BCUT2D eigenvalue weighted by atomic mass is 10.0. The van der Waals surface area contributed by atoms with E-state index in [0.29, 0.717) is 5.82 Å². The molecule has 130 valence electrons. The van der Waals surface area contributed by atoms with E-state index in [-0.39, 0.29) is 0 Å². The summed E-state index contributed by atoms with van der Waals surface area (Å²) in [5, 5.41) is 14.1. The number of benzene rings is 1. The fourth-order valence-electron chi connectivity index (χ4n) is 2.96. The second-order valence-electron chi connectivity index (χ2n) is 6.19. The van der Waals surface area contributed by atoms with Crippen molar-refractivity contribution in [2.75, 3.05) is 0 Å². The lowest BCUT2D eigenvalue weighted by Gasteiger charge is -2.04. The number of hydrogen-bond acceptors (Lipinski definition) is 5. The van der Waals surface area contributed by atoms with Gasteiger partial charge in [-0.15, -0.1) is 10.2 Å². The van der Waals surface area contributed by atoms with E-state index in [2.05, 4.69) is 66.8 Å². The first-order valence-electron chi connectivity index (χ1n) is 8.58. The molecule has 1 aromatic carbocycles. The predicted molar refractivity (Wildman–Crippen MR) is 98.2 cm³/mol. The number of rotatable bonds is 6. The van der Waals surface area contributed by atoms with Crippen LogP contribution in [0.4, 0.5) is 0 Å². The van der Waals surface area contributed by atoms with Crippen molar-refractivity contribution in [2.24, 2.45) is 0 Å². The smallest absolute Gasteiger partial charge is 0.204 e. The number of pyridine rings is 1. The highest BCUT2D eigenvalue weighted by Gasteiger charge is 2.09. The third kappa shape index (κ3) is 3.51. The van der Waals surface area contributed by atoms with Crippen molar-refractivity contribution in [1.29, 1.82) is 0 Å². The maximum absolute atomic E-state index is 4.49. The minimum absolute atomic E-state index is 0.548. The molecule has 0 amide bonds. The number of aryl methyl sites for hydroxylation is 3. The summed E-state index contributed by atoms with van der Waals surface area (Å²) in [7, 11) is 0. The van der Waals surface area contributed by atoms with Gasteiger partial charge < -0.3 is 4.98 Å². The molecule has 0 atom stereocenters. The number of nitrogens with one attached hydrogen (secondary N) is 2. The molecule has 0 bridgehead atoms. The summed E-state index contributed by atoms with van der Waals surface area (Å²) in [6.45, 7) is 2.16. The van der Waals surface area contributed by atoms with Crippen LogP contribution in [-0.4, -0.2) is 35.6 Å². The topological polar surface area (TPSA) is 96.0 Å². The van der Waals surface area contributed by atoms with Gasteiger partial charge in [0, 0.05) is 18.2 Å². The van der Waals surface area contributed by atoms with Gasteiger partial charge in [0.05, 0.1) is 17.6 Å². The lowest BCUT2D eigenvalue weighted by molar-refractivity contribution is 0.780. The zero-order valence-corrected chi connectivity index (χ0v) is 14.5. The maximum Gasteiger partial charge on any atom is 0.204 e. The molecule has 3 heterocycles. The summed E-state index contributed by atoms with van der Waals surface area (Å²) >= 11 is 0. The van der Waals surface area contributed by atoms with Gasteiger partial charge in [-0.3, -0.25) is 4.98 Å². The standard InChI is InChI=1S/C19H19N7/c1-13-5-2-3-6-14(13)7-4-8-18-21-12-17(22-18)16-11-15(9-10-20-16)19-23-25-26-24-19/h2-3,5-6,9-12H,4,7-8H2,1H3,(H,21,22)(H,23,24,25,26). The maximum atomic E-state index is 4.49. The molecular weight excluding hydrogens is 326 g/mol. The normalized spacial score (nSPS) is 11.0. The number of H-pyrrole nitrogens is 2. The summed E-state index contributed by atoms with van der Waals surface area (Å²) < 4.78 is 0. The first-order chi connectivity index (χ1) is 12.8. The Morgan fingerprint density at radius 2 is 1.96 bits per heavy atom. The fourth-order valence-corrected chi connectivity index (χ4v) is 2.96. The van der Waals surface area contributed by atoms with Crippen molar-refractivity contribution in [1.82, 2.24) is 35.6 Å². The SMILES string of the molecule is Cc1ccccc1CCCc1ncc(-c2cc(-c3nn[nH]n3)ccn2)[nH]1. The number of aromatic amines is 2. The Labute approximate surface area is 150 Å². The Bertz CT molecular complexity index is 989. The minimum Gasteiger partial charge on any atom is -0.341 e. The number of hydrogen-bond donors (Lipinski definition) is 2. The van der Waals surface area contributed by atoms with Crippen LogP contribution in [0.2, 0.25) is 0 Å². The molecule has 0 saturated heterocycles. The first kappa shape index (κ1) is 16.1. The second-order valence-corrected chi connectivity index (χ2v) is 6.19. The highest BCUT2D eigenvalue weighted by molar-refractivity contribution is 5.63. The summed E-state index contributed by atoms with van der Waals surface area (Å²) in [4.78, 5) is 12.3. The zero-order chi connectivity index (χ0) is 17.8. The van der Waals surface area contributed by atoms with Gasteiger partial charge in [-0.1, -0.05) is 24.3 Å². The van der Waals surface area contributed by atoms with Crippen molar-refractivity contribution < 1.29 is 0 Å². The molecular formula is C19H19N7. The van der Waals surface area contributed by atoms with Crippen LogP contribution >= 0.6 is 0 Å². The van der Waals surface area contributed by atoms with E-state index >= 15 is 0 Å². The van der Waals surface area contributed by atoms with Crippen molar-refractivity contribution in [3.63, 3.8) is 0 Å². The van der Waals surface area contributed by atoms with Crippen molar-refractivity contribution in [2.45, 2.75) is 26.2 Å². The van der Waals surface area contributed by atoms with Crippen LogP contribution in [0.3, 0.4) is 0 Å². The summed E-state index contributed by atoms with van der Waals surface area (Å²) in [5.74, 6) is 1.52. The number of aromatic nitrogens is 7. The van der Waals surface area contributed by atoms with E-state index in [4.69, 9.17) is 0 Å². The van der Waals surface area contributed by atoms with Gasteiger partial charge in [0.25, 0.3) is 0 Å². The van der Waals surface area contributed by atoms with Crippen molar-refractivity contribution in [3.8, 4) is 22.8 Å². The average molecular weight is 345 g/mol. The van der Waals surface area contributed by atoms with Crippen LogP contribution in [-0.2, 0) is 12.8 Å². The van der Waals surface area contributed by atoms with Crippen LogP contribution in [0.25, 0.3) is 22.8 Å². The Kier molecular flexibility index (Phi) is 4.51. The van der Waals surface area contributed by atoms with E-state index in [0.717, 1.165) is 42.0 Å². The van der Waals surface area contributed by atoms with Gasteiger partial charge in [-0.2, -0.15) is 5.21 Å². The molecule has 0 spiro atoms. The molecule has 4 aromatic rings. The van der Waals surface area contributed by atoms with E-state index in [1.165, 1.54) is 11.1 Å². The number of tetrazole rings is 1. The summed E-state index contributed by atoms with van der Waals surface area (Å²) in [6, 6.07) is 12.3. The van der Waals surface area contributed by atoms with E-state index in [9.17, 15) is 0 Å². The van der Waals surface area contributed by atoms with Crippen molar-refractivity contribution in [3.05, 3.63) is 65.7 Å². The van der Waals surface area contributed by atoms with Gasteiger partial charge in [0.1, 0.15) is 5.82 Å². The van der Waals surface area contributed by atoms with E-state index < -0.39 is 0 Å². The van der Waals surface area contributed by atoms with Crippen LogP contribution in [0.5, 0.6) is 0 Å². The summed E-state index contributed by atoms with van der Waals surface area (Å²) in [6.07, 6.45) is 6.56. The van der Waals surface area contributed by atoms with Gasteiger partial charge in [-0.05, 0) is 48.2 Å². The third-order valence-electron chi connectivity index (χ3n) is 4.39. The van der Waals surface area contributed by atoms with Gasteiger partial charge >= 0.3 is 0 Å². The molecule has 26 heavy (non-hydrogen) atoms. The monoisotopic (exact) mass is 345 g/mol. The molecule has 2 N–H and O–H groups in total. The van der Waals surface area contributed by atoms with Crippen LogP contribution in [0, 0.1) is 6.92 Å². The summed E-state index contributed by atoms with van der Waals surface area (Å²) in [5.41, 5.74) is 5.30.